The molecule has 1 fully saturated rings. The lowest BCUT2D eigenvalue weighted by Crippen LogP contribution is -2.31. The van der Waals surface area contributed by atoms with Crippen molar-refractivity contribution >= 4 is 28.4 Å². The molecule has 1 N–H and O–H groups in total. The maximum atomic E-state index is 12.6. The Morgan fingerprint density at radius 2 is 2.04 bits per heavy atom. The fraction of sp³-hybridized carbons (Fsp3) is 0.353. The van der Waals surface area contributed by atoms with Gasteiger partial charge in [-0.2, -0.15) is 0 Å². The van der Waals surface area contributed by atoms with Crippen LogP contribution in [0.25, 0.3) is 0 Å². The lowest BCUT2D eigenvalue weighted by atomic mass is 10.2. The van der Waals surface area contributed by atoms with Crippen LogP contribution in [0.1, 0.15) is 29.1 Å². The average Bonchev–Trinajstić information content (AvgIpc) is 3.16. The van der Waals surface area contributed by atoms with Crippen LogP contribution in [0.5, 0.6) is 0 Å². The van der Waals surface area contributed by atoms with E-state index < -0.39 is 0 Å². The highest BCUT2D eigenvalue weighted by Crippen LogP contribution is 2.26. The molecular weight excluding hydrogens is 324 g/mol. The van der Waals surface area contributed by atoms with Crippen molar-refractivity contribution in [1.29, 1.82) is 0 Å². The van der Waals surface area contributed by atoms with E-state index in [-0.39, 0.29) is 18.0 Å². The minimum Gasteiger partial charge on any atom is -0.349 e. The molecule has 0 bridgehead atoms. The molecule has 3 amide bonds. The largest absolute Gasteiger partial charge is 0.349 e. The third kappa shape index (κ3) is 3.56. The van der Waals surface area contributed by atoms with Crippen LogP contribution in [0.2, 0.25) is 0 Å². The van der Waals surface area contributed by atoms with Crippen molar-refractivity contribution in [3.05, 3.63) is 47.0 Å². The van der Waals surface area contributed by atoms with Gasteiger partial charge in [-0.3, -0.25) is 9.69 Å². The Balaban J connectivity index is 1.67. The molecule has 2 heterocycles. The first-order valence-corrected chi connectivity index (χ1v) is 8.73. The van der Waals surface area contributed by atoms with Gasteiger partial charge in [-0.05, 0) is 19.4 Å². The molecule has 0 saturated carbocycles. The van der Waals surface area contributed by atoms with Crippen LogP contribution in [-0.4, -0.2) is 41.0 Å². The lowest BCUT2D eigenvalue weighted by molar-refractivity contribution is 0.0947. The topological polar surface area (TPSA) is 65.5 Å². The van der Waals surface area contributed by atoms with Crippen LogP contribution in [0, 0.1) is 0 Å². The van der Waals surface area contributed by atoms with E-state index in [1.54, 1.807) is 9.80 Å². The molecule has 0 spiro atoms. The number of carbonyl (C=O) groups is 2. The van der Waals surface area contributed by atoms with Crippen molar-refractivity contribution in [3.8, 4) is 0 Å². The van der Waals surface area contributed by atoms with Crippen LogP contribution in [0.3, 0.4) is 0 Å². The molecule has 1 saturated heterocycles. The second kappa shape index (κ2) is 7.00. The predicted octanol–water partition coefficient (Wildman–Crippen LogP) is 2.72. The van der Waals surface area contributed by atoms with Crippen molar-refractivity contribution in [1.82, 2.24) is 15.2 Å². The Morgan fingerprint density at radius 3 is 2.75 bits per heavy atom. The van der Waals surface area contributed by atoms with Gasteiger partial charge in [0.1, 0.15) is 4.88 Å². The summed E-state index contributed by atoms with van der Waals surface area (Å²) in [5, 5.41) is 3.41. The van der Waals surface area contributed by atoms with E-state index in [1.807, 2.05) is 44.2 Å². The summed E-state index contributed by atoms with van der Waals surface area (Å²) in [5.41, 5.74) is 1.10. The molecule has 1 aliphatic heterocycles. The summed E-state index contributed by atoms with van der Waals surface area (Å²) in [4.78, 5) is 32.8. The highest BCUT2D eigenvalue weighted by molar-refractivity contribution is 7.17. The summed E-state index contributed by atoms with van der Waals surface area (Å²) in [6.07, 6.45) is 1.53. The van der Waals surface area contributed by atoms with Crippen LogP contribution in [0.15, 0.2) is 36.5 Å². The quantitative estimate of drug-likeness (QED) is 0.907. The summed E-state index contributed by atoms with van der Waals surface area (Å²) in [5.74, 6) is -0.151. The van der Waals surface area contributed by atoms with Gasteiger partial charge in [-0.15, -0.1) is 0 Å². The Morgan fingerprint density at radius 1 is 1.29 bits per heavy atom. The molecule has 126 valence electrons. The smallest absolute Gasteiger partial charge is 0.326 e. The normalized spacial score (nSPS) is 14.5. The lowest BCUT2D eigenvalue weighted by Gasteiger charge is -2.16. The van der Waals surface area contributed by atoms with Crippen molar-refractivity contribution in [3.63, 3.8) is 0 Å². The van der Waals surface area contributed by atoms with Crippen LogP contribution < -0.4 is 10.2 Å². The number of rotatable bonds is 5. The van der Waals surface area contributed by atoms with Gasteiger partial charge in [0, 0.05) is 25.7 Å². The van der Waals surface area contributed by atoms with Gasteiger partial charge in [0.25, 0.3) is 5.91 Å². The number of aromatic nitrogens is 1. The summed E-state index contributed by atoms with van der Waals surface area (Å²) >= 11 is 1.25. The Hall–Kier alpha value is -2.41. The number of nitrogens with one attached hydrogen (secondary N) is 1. The molecule has 1 aliphatic rings. The minimum absolute atomic E-state index is 0.0657. The third-order valence-electron chi connectivity index (χ3n) is 3.68. The van der Waals surface area contributed by atoms with E-state index >= 15 is 0 Å². The Bertz CT molecular complexity index is 729. The highest BCUT2D eigenvalue weighted by atomic mass is 32.1. The molecule has 0 atom stereocenters. The zero-order valence-corrected chi connectivity index (χ0v) is 14.5. The average molecular weight is 344 g/mol. The summed E-state index contributed by atoms with van der Waals surface area (Å²) in [6, 6.07) is 9.91. The number of hydrogen-bond acceptors (Lipinski definition) is 4. The molecule has 0 unspecified atom stereocenters. The number of nitrogens with zero attached hydrogens (tertiary/aromatic N) is 3. The molecular formula is C17H20N4O2S. The van der Waals surface area contributed by atoms with E-state index in [0.29, 0.717) is 29.6 Å². The minimum atomic E-state index is -0.151. The predicted molar refractivity (Wildman–Crippen MR) is 94.3 cm³/mol. The number of anilines is 1. The maximum Gasteiger partial charge on any atom is 0.326 e. The van der Waals surface area contributed by atoms with Crippen molar-refractivity contribution in [2.45, 2.75) is 26.4 Å². The number of benzene rings is 1. The maximum absolute atomic E-state index is 12.6. The highest BCUT2D eigenvalue weighted by Gasteiger charge is 2.31. The van der Waals surface area contributed by atoms with E-state index in [0.717, 1.165) is 5.56 Å². The van der Waals surface area contributed by atoms with E-state index in [9.17, 15) is 9.59 Å². The second-order valence-electron chi connectivity index (χ2n) is 5.98. The molecule has 3 rings (SSSR count). The van der Waals surface area contributed by atoms with Gasteiger partial charge in [0.05, 0.1) is 6.20 Å². The van der Waals surface area contributed by atoms with Gasteiger partial charge in [0.15, 0.2) is 5.13 Å². The number of thiazole rings is 1. The van der Waals surface area contributed by atoms with Crippen LogP contribution in [0.4, 0.5) is 9.93 Å². The zero-order chi connectivity index (χ0) is 17.1. The molecule has 7 heteroatoms. The van der Waals surface area contributed by atoms with Gasteiger partial charge in [0.2, 0.25) is 0 Å². The third-order valence-corrected chi connectivity index (χ3v) is 4.70. The molecule has 1 aromatic carbocycles. The zero-order valence-electron chi connectivity index (χ0n) is 13.7. The molecule has 2 aromatic rings. The molecule has 6 nitrogen and oxygen atoms in total. The van der Waals surface area contributed by atoms with Gasteiger partial charge >= 0.3 is 6.03 Å². The van der Waals surface area contributed by atoms with Crippen molar-refractivity contribution in [2.24, 2.45) is 0 Å². The first-order valence-electron chi connectivity index (χ1n) is 7.91. The monoisotopic (exact) mass is 344 g/mol. The molecule has 0 aliphatic carbocycles. The molecule has 1 aromatic heterocycles. The SMILES string of the molecule is CC(C)NC(=O)c1cnc(N2CCN(Cc3ccccc3)C2=O)s1. The first kappa shape index (κ1) is 16.4. The standard InChI is InChI=1S/C17H20N4O2S/c1-12(2)19-15(22)14-10-18-16(24-14)21-9-8-20(17(21)23)11-13-6-4-3-5-7-13/h3-7,10,12H,8-9,11H2,1-2H3,(H,19,22). The number of amides is 3. The van der Waals surface area contributed by atoms with Crippen LogP contribution >= 0.6 is 11.3 Å². The van der Waals surface area contributed by atoms with Gasteiger partial charge in [-0.1, -0.05) is 41.7 Å². The fourth-order valence-corrected chi connectivity index (χ4v) is 3.38. The molecule has 0 radical (unpaired) electrons. The van der Waals surface area contributed by atoms with Gasteiger partial charge < -0.3 is 10.2 Å². The number of hydrogen-bond donors (Lipinski definition) is 1. The first-order chi connectivity index (χ1) is 11.5. The number of urea groups is 1. The van der Waals surface area contributed by atoms with Crippen molar-refractivity contribution in [2.75, 3.05) is 18.0 Å². The van der Waals surface area contributed by atoms with Crippen LogP contribution in [-0.2, 0) is 6.54 Å². The number of carbonyl (C=O) groups excluding carboxylic acids is 2. The van der Waals surface area contributed by atoms with Crippen molar-refractivity contribution < 1.29 is 9.59 Å². The Kier molecular flexibility index (Phi) is 4.80. The summed E-state index contributed by atoms with van der Waals surface area (Å²) in [6.45, 7) is 5.64. The van der Waals surface area contributed by atoms with Gasteiger partial charge in [-0.25, -0.2) is 9.78 Å². The van der Waals surface area contributed by atoms with E-state index in [2.05, 4.69) is 10.3 Å². The fourth-order valence-electron chi connectivity index (χ4n) is 2.54. The van der Waals surface area contributed by atoms with E-state index in [1.165, 1.54) is 17.5 Å². The Labute approximate surface area is 145 Å². The van der Waals surface area contributed by atoms with E-state index in [4.69, 9.17) is 0 Å². The summed E-state index contributed by atoms with van der Waals surface area (Å²) < 4.78 is 0. The second-order valence-corrected chi connectivity index (χ2v) is 6.99. The molecule has 24 heavy (non-hydrogen) atoms. The summed E-state index contributed by atoms with van der Waals surface area (Å²) in [7, 11) is 0.